The van der Waals surface area contributed by atoms with Gasteiger partial charge in [0.15, 0.2) is 0 Å². The van der Waals surface area contributed by atoms with E-state index in [1.165, 1.54) is 44.2 Å². The van der Waals surface area contributed by atoms with Crippen molar-refractivity contribution in [3.8, 4) is 0 Å². The number of nitrogens with zero attached hydrogens (tertiary/aromatic N) is 2. The van der Waals surface area contributed by atoms with E-state index in [1.54, 1.807) is 0 Å². The van der Waals surface area contributed by atoms with Gasteiger partial charge in [0.1, 0.15) is 5.82 Å². The number of rotatable bonds is 5. The van der Waals surface area contributed by atoms with Crippen molar-refractivity contribution >= 4 is 11.5 Å². The molecule has 4 heteroatoms. The van der Waals surface area contributed by atoms with Crippen LogP contribution in [0.15, 0.2) is 18.3 Å². The number of hydrogen-bond acceptors (Lipinski definition) is 4. The molecule has 2 aliphatic rings. The second-order valence-electron chi connectivity index (χ2n) is 6.95. The van der Waals surface area contributed by atoms with E-state index in [2.05, 4.69) is 46.6 Å². The molecule has 1 aromatic rings. The van der Waals surface area contributed by atoms with Crippen LogP contribution in [0.5, 0.6) is 0 Å². The predicted molar refractivity (Wildman–Crippen MR) is 93.6 cm³/mol. The highest BCUT2D eigenvalue weighted by Crippen LogP contribution is 2.28. The van der Waals surface area contributed by atoms with Gasteiger partial charge in [-0.25, -0.2) is 4.98 Å². The fourth-order valence-corrected chi connectivity index (χ4v) is 3.91. The molecule has 0 radical (unpaired) electrons. The Labute approximate surface area is 134 Å². The summed E-state index contributed by atoms with van der Waals surface area (Å²) in [5, 5.41) is 7.03. The molecular weight excluding hydrogens is 272 g/mol. The predicted octanol–water partition coefficient (Wildman–Crippen LogP) is 3.26. The highest BCUT2D eigenvalue weighted by Gasteiger charge is 2.23. The lowest BCUT2D eigenvalue weighted by Crippen LogP contribution is -2.30. The number of hydrogen-bond donors (Lipinski definition) is 2. The first kappa shape index (κ1) is 15.6. The van der Waals surface area contributed by atoms with Crippen LogP contribution < -0.4 is 15.5 Å². The lowest BCUT2D eigenvalue weighted by molar-refractivity contribution is 0.328. The maximum Gasteiger partial charge on any atom is 0.128 e. The van der Waals surface area contributed by atoms with Gasteiger partial charge < -0.3 is 15.5 Å². The van der Waals surface area contributed by atoms with Crippen molar-refractivity contribution in [3.05, 3.63) is 18.3 Å². The monoisotopic (exact) mass is 302 g/mol. The summed E-state index contributed by atoms with van der Waals surface area (Å²) in [7, 11) is 2.06. The third-order valence-electron chi connectivity index (χ3n) is 5.44. The summed E-state index contributed by atoms with van der Waals surface area (Å²) < 4.78 is 0. The van der Waals surface area contributed by atoms with Crippen LogP contribution in [0.1, 0.15) is 45.4 Å². The zero-order valence-electron chi connectivity index (χ0n) is 14.0. The Morgan fingerprint density at radius 2 is 2.05 bits per heavy atom. The summed E-state index contributed by atoms with van der Waals surface area (Å²) in [6.45, 7) is 4.54. The maximum atomic E-state index is 4.53. The normalized spacial score (nSPS) is 24.5. The molecule has 1 saturated carbocycles. The average Bonchev–Trinajstić information content (AvgIpc) is 3.05. The summed E-state index contributed by atoms with van der Waals surface area (Å²) in [6, 6.07) is 5.49. The molecule has 1 aromatic heterocycles. The highest BCUT2D eigenvalue weighted by molar-refractivity contribution is 5.55. The minimum Gasteiger partial charge on any atom is -0.370 e. The van der Waals surface area contributed by atoms with Gasteiger partial charge in [-0.1, -0.05) is 19.3 Å². The molecule has 4 nitrogen and oxygen atoms in total. The van der Waals surface area contributed by atoms with Crippen molar-refractivity contribution in [1.29, 1.82) is 0 Å². The third-order valence-corrected chi connectivity index (χ3v) is 5.44. The molecule has 0 aromatic carbocycles. The maximum absolute atomic E-state index is 4.53. The molecule has 1 aliphatic heterocycles. The smallest absolute Gasteiger partial charge is 0.128 e. The first-order chi connectivity index (χ1) is 10.8. The van der Waals surface area contributed by atoms with Crippen molar-refractivity contribution in [1.82, 2.24) is 10.3 Å². The zero-order valence-corrected chi connectivity index (χ0v) is 14.0. The fourth-order valence-electron chi connectivity index (χ4n) is 3.91. The molecule has 1 saturated heterocycles. The number of likely N-dealkylation sites (N-methyl/N-ethyl adjacent to an activating group) is 1. The Morgan fingerprint density at radius 3 is 2.77 bits per heavy atom. The van der Waals surface area contributed by atoms with Crippen molar-refractivity contribution in [2.24, 2.45) is 5.92 Å². The van der Waals surface area contributed by atoms with E-state index < -0.39 is 0 Å². The molecule has 0 spiro atoms. The summed E-state index contributed by atoms with van der Waals surface area (Å²) in [5.74, 6) is 1.84. The molecule has 2 fully saturated rings. The van der Waals surface area contributed by atoms with E-state index in [9.17, 15) is 0 Å². The number of aromatic nitrogens is 1. The SMILES string of the molecule is CN[C@H]1CCN(c2ccnc(N[C@H](C)C3CCCCC3)c2)C1. The third kappa shape index (κ3) is 3.72. The van der Waals surface area contributed by atoms with Crippen molar-refractivity contribution in [3.63, 3.8) is 0 Å². The second kappa shape index (κ2) is 7.32. The highest BCUT2D eigenvalue weighted by atomic mass is 15.2. The van der Waals surface area contributed by atoms with E-state index in [0.29, 0.717) is 12.1 Å². The Balaban J connectivity index is 1.61. The van der Waals surface area contributed by atoms with Crippen LogP contribution in [0, 0.1) is 5.92 Å². The molecule has 0 unspecified atom stereocenters. The molecule has 3 rings (SSSR count). The first-order valence-electron chi connectivity index (χ1n) is 8.91. The van der Waals surface area contributed by atoms with Crippen LogP contribution in [0.4, 0.5) is 11.5 Å². The van der Waals surface area contributed by atoms with E-state index in [0.717, 1.165) is 24.8 Å². The first-order valence-corrected chi connectivity index (χ1v) is 8.91. The van der Waals surface area contributed by atoms with Crippen LogP contribution in [0.3, 0.4) is 0 Å². The van der Waals surface area contributed by atoms with Gasteiger partial charge in [-0.3, -0.25) is 0 Å². The van der Waals surface area contributed by atoms with Crippen molar-refractivity contribution in [2.75, 3.05) is 30.4 Å². The fraction of sp³-hybridized carbons (Fsp3) is 0.722. The van der Waals surface area contributed by atoms with Crippen LogP contribution >= 0.6 is 0 Å². The van der Waals surface area contributed by atoms with Crippen LogP contribution in [0.2, 0.25) is 0 Å². The van der Waals surface area contributed by atoms with E-state index in [1.807, 2.05) is 6.20 Å². The van der Waals surface area contributed by atoms with Gasteiger partial charge in [0, 0.05) is 43.1 Å². The van der Waals surface area contributed by atoms with Gasteiger partial charge in [0.25, 0.3) is 0 Å². The zero-order chi connectivity index (χ0) is 15.4. The minimum atomic E-state index is 0.520. The van der Waals surface area contributed by atoms with Crippen LogP contribution in [-0.2, 0) is 0 Å². The van der Waals surface area contributed by atoms with Gasteiger partial charge >= 0.3 is 0 Å². The molecular formula is C18H30N4. The largest absolute Gasteiger partial charge is 0.370 e. The molecule has 1 aliphatic carbocycles. The molecule has 0 bridgehead atoms. The van der Waals surface area contributed by atoms with Crippen LogP contribution in [0.25, 0.3) is 0 Å². The number of nitrogens with one attached hydrogen (secondary N) is 2. The Kier molecular flexibility index (Phi) is 5.19. The average molecular weight is 302 g/mol. The standard InChI is InChI=1S/C18H30N4/c1-14(15-6-4-3-5-7-15)21-18-12-17(8-10-20-18)22-11-9-16(13-22)19-2/h8,10,12,14-16,19H,3-7,9,11,13H2,1-2H3,(H,20,21)/t14-,16+/m1/s1. The van der Waals surface area contributed by atoms with Gasteiger partial charge in [0.05, 0.1) is 0 Å². The topological polar surface area (TPSA) is 40.2 Å². The van der Waals surface area contributed by atoms with Gasteiger partial charge in [-0.15, -0.1) is 0 Å². The van der Waals surface area contributed by atoms with E-state index in [4.69, 9.17) is 0 Å². The Hall–Kier alpha value is -1.29. The van der Waals surface area contributed by atoms with E-state index in [-0.39, 0.29) is 0 Å². The lowest BCUT2D eigenvalue weighted by atomic mass is 9.84. The van der Waals surface area contributed by atoms with Gasteiger partial charge in [-0.2, -0.15) is 0 Å². The van der Waals surface area contributed by atoms with Gasteiger partial charge in [-0.05, 0) is 45.2 Å². The van der Waals surface area contributed by atoms with Crippen molar-refractivity contribution < 1.29 is 0 Å². The summed E-state index contributed by atoms with van der Waals surface area (Å²) in [6.07, 6.45) is 10.1. The second-order valence-corrected chi connectivity index (χ2v) is 6.95. The Morgan fingerprint density at radius 1 is 1.23 bits per heavy atom. The van der Waals surface area contributed by atoms with Crippen LogP contribution in [-0.4, -0.2) is 37.2 Å². The molecule has 2 atom stereocenters. The summed E-state index contributed by atoms with van der Waals surface area (Å²) >= 11 is 0. The Bertz CT molecular complexity index is 470. The van der Waals surface area contributed by atoms with Gasteiger partial charge in [0.2, 0.25) is 0 Å². The molecule has 2 heterocycles. The lowest BCUT2D eigenvalue weighted by Gasteiger charge is -2.29. The number of anilines is 2. The molecule has 2 N–H and O–H groups in total. The molecule has 0 amide bonds. The molecule has 22 heavy (non-hydrogen) atoms. The molecule has 122 valence electrons. The van der Waals surface area contributed by atoms with E-state index >= 15 is 0 Å². The summed E-state index contributed by atoms with van der Waals surface area (Å²) in [4.78, 5) is 6.99. The quantitative estimate of drug-likeness (QED) is 0.876. The number of pyridine rings is 1. The van der Waals surface area contributed by atoms with Crippen molar-refractivity contribution in [2.45, 2.75) is 57.5 Å². The summed E-state index contributed by atoms with van der Waals surface area (Å²) in [5.41, 5.74) is 1.30. The minimum absolute atomic E-state index is 0.520.